The maximum Gasteiger partial charge on any atom is 0.373 e. The molecule has 0 amide bonds. The van der Waals surface area contributed by atoms with Gasteiger partial charge in [-0.2, -0.15) is 10.5 Å². The number of carbonyl (C=O) groups excluding carboxylic acids is 2. The second-order valence-corrected chi connectivity index (χ2v) is 2.30. The van der Waals surface area contributed by atoms with Gasteiger partial charge in [-0.25, -0.2) is 9.59 Å². The third kappa shape index (κ3) is 8.03. The highest BCUT2D eigenvalue weighted by Gasteiger charge is 2.18. The molecule has 0 saturated carbocycles. The highest BCUT2D eigenvalue weighted by molar-refractivity contribution is 6.02. The summed E-state index contributed by atoms with van der Waals surface area (Å²) in [7, 11) is 0. The van der Waals surface area contributed by atoms with Crippen LogP contribution >= 0.6 is 0 Å². The fourth-order valence-electron chi connectivity index (χ4n) is 0.937. The summed E-state index contributed by atoms with van der Waals surface area (Å²) in [5, 5.41) is 16.2. The summed E-state index contributed by atoms with van der Waals surface area (Å²) in [4.78, 5) is 28.7. The Hall–Kier alpha value is -2.16. The molecule has 0 saturated heterocycles. The Kier molecular flexibility index (Phi) is 30.4. The molecule has 122 valence electrons. The van der Waals surface area contributed by atoms with Gasteiger partial charge in [0.1, 0.15) is 0 Å². The highest BCUT2D eigenvalue weighted by Crippen LogP contribution is 2.10. The molecule has 0 aromatic heterocycles. The number of benzene rings is 1. The van der Waals surface area contributed by atoms with Gasteiger partial charge in [-0.1, -0.05) is 12.1 Å². The van der Waals surface area contributed by atoms with E-state index in [0.717, 1.165) is 0 Å². The van der Waals surface area contributed by atoms with Gasteiger partial charge >= 0.3 is 11.9 Å². The molecular weight excluding hydrogens is 288 g/mol. The van der Waals surface area contributed by atoms with Crippen LogP contribution < -0.4 is 0 Å². The summed E-state index contributed by atoms with van der Waals surface area (Å²) in [6.45, 7) is 0. The van der Waals surface area contributed by atoms with Crippen LogP contribution in [0.1, 0.15) is 20.7 Å². The fourth-order valence-corrected chi connectivity index (χ4v) is 0.937. The van der Waals surface area contributed by atoms with Crippen molar-refractivity contribution >= 4 is 11.9 Å². The smallest absolute Gasteiger partial charge is 0.373 e. The van der Waals surface area contributed by atoms with E-state index in [0.29, 0.717) is 0 Å². The van der Waals surface area contributed by atoms with E-state index in [-0.39, 0.29) is 44.0 Å². The van der Waals surface area contributed by atoms with Crippen molar-refractivity contribution in [2.45, 2.75) is 0 Å². The van der Waals surface area contributed by atoms with Crippen molar-refractivity contribution < 1.29 is 62.7 Å². The lowest BCUT2D eigenvalue weighted by Crippen LogP contribution is -2.11. The van der Waals surface area contributed by atoms with Gasteiger partial charge in [0.05, 0.1) is 11.1 Å². The largest absolute Gasteiger partial charge is 0.412 e. The average Bonchev–Trinajstić information content (AvgIpc) is 2.27. The fraction of sp³-hybridized carbons (Fsp3) is 0. The van der Waals surface area contributed by atoms with Gasteiger partial charge in [-0.05, 0) is 12.1 Å². The van der Waals surface area contributed by atoms with E-state index in [2.05, 4.69) is 9.78 Å². The Morgan fingerprint density at radius 3 is 1.15 bits per heavy atom. The molecule has 0 atom stereocenters. The van der Waals surface area contributed by atoms with Crippen LogP contribution in [0, 0.1) is 0 Å². The van der Waals surface area contributed by atoms with Crippen LogP contribution in [0.2, 0.25) is 0 Å². The van der Waals surface area contributed by atoms with Crippen molar-refractivity contribution in [2.24, 2.45) is 0 Å². The van der Waals surface area contributed by atoms with Crippen LogP contribution in [0.4, 0.5) is 0 Å². The molecule has 0 aliphatic heterocycles. The summed E-state index contributed by atoms with van der Waals surface area (Å²) >= 11 is 0. The molecule has 0 unspecified atom stereocenters. The van der Waals surface area contributed by atoms with Crippen LogP contribution in [0.25, 0.3) is 0 Å². The van der Waals surface area contributed by atoms with Crippen molar-refractivity contribution in [1.82, 2.24) is 0 Å². The molecule has 0 bridgehead atoms. The van der Waals surface area contributed by atoms with E-state index in [1.54, 1.807) is 0 Å². The van der Waals surface area contributed by atoms with E-state index in [9.17, 15) is 9.59 Å². The number of hydrogen-bond acceptors (Lipinski definition) is 6. The van der Waals surface area contributed by atoms with E-state index in [1.165, 1.54) is 24.3 Å². The molecule has 0 heterocycles. The topological polar surface area (TPSA) is 282 Å². The zero-order valence-electron chi connectivity index (χ0n) is 9.84. The summed E-state index contributed by atoms with van der Waals surface area (Å²) in [5.74, 6) is -2.21. The Morgan fingerprint density at radius 1 is 0.700 bits per heavy atom. The Bertz CT molecular complexity index is 329. The summed E-state index contributed by atoms with van der Waals surface area (Å²) in [5.41, 5.74) is -0.400. The SMILES string of the molecule is O.O.O.O.O.O.O=C(OO)c1ccccc1C(=O)OO. The lowest BCUT2D eigenvalue weighted by molar-refractivity contribution is -0.185. The Morgan fingerprint density at radius 2 is 0.950 bits per heavy atom. The van der Waals surface area contributed by atoms with Crippen LogP contribution in [0.15, 0.2) is 24.3 Å². The predicted molar refractivity (Wildman–Crippen MR) is 64.2 cm³/mol. The van der Waals surface area contributed by atoms with Crippen molar-refractivity contribution in [3.05, 3.63) is 35.4 Å². The first-order valence-electron chi connectivity index (χ1n) is 3.51. The van der Waals surface area contributed by atoms with Crippen molar-refractivity contribution in [3.63, 3.8) is 0 Å². The maximum absolute atomic E-state index is 10.9. The minimum atomic E-state index is -1.11. The van der Waals surface area contributed by atoms with Gasteiger partial charge in [-0.15, -0.1) is 0 Å². The first-order chi connectivity index (χ1) is 6.70. The standard InChI is InChI=1S/C8H6O6.6H2O/c9-7(13-11)5-3-1-2-4-6(5)8(10)14-12;;;;;;/h1-4,11-12H;6*1H2. The van der Waals surface area contributed by atoms with Crippen molar-refractivity contribution in [3.8, 4) is 0 Å². The van der Waals surface area contributed by atoms with Crippen molar-refractivity contribution in [2.75, 3.05) is 0 Å². The summed E-state index contributed by atoms with van der Waals surface area (Å²) in [6, 6.07) is 5.40. The molecule has 0 aliphatic rings. The molecule has 1 aromatic carbocycles. The van der Waals surface area contributed by atoms with Gasteiger partial charge in [0.15, 0.2) is 0 Å². The number of hydrogen-bond donors (Lipinski definition) is 2. The molecule has 20 heavy (non-hydrogen) atoms. The van der Waals surface area contributed by atoms with Crippen LogP contribution in [0.3, 0.4) is 0 Å². The van der Waals surface area contributed by atoms with Crippen molar-refractivity contribution in [1.29, 1.82) is 0 Å². The molecule has 12 heteroatoms. The Labute approximate surface area is 111 Å². The summed E-state index contributed by atoms with van der Waals surface area (Å²) in [6.07, 6.45) is 0. The van der Waals surface area contributed by atoms with Crippen LogP contribution in [0.5, 0.6) is 0 Å². The lowest BCUT2D eigenvalue weighted by Gasteiger charge is -2.02. The van der Waals surface area contributed by atoms with Crippen LogP contribution in [-0.2, 0) is 9.78 Å². The van der Waals surface area contributed by atoms with Gasteiger partial charge in [0.2, 0.25) is 0 Å². The van der Waals surface area contributed by atoms with Gasteiger partial charge in [0.25, 0.3) is 0 Å². The first-order valence-corrected chi connectivity index (χ1v) is 3.51. The second kappa shape index (κ2) is 16.8. The number of rotatable bonds is 2. The molecule has 0 spiro atoms. The van der Waals surface area contributed by atoms with E-state index >= 15 is 0 Å². The van der Waals surface area contributed by atoms with E-state index < -0.39 is 11.9 Å². The zero-order valence-corrected chi connectivity index (χ0v) is 9.84. The molecule has 1 aromatic rings. The van der Waals surface area contributed by atoms with Gasteiger partial charge in [-0.3, -0.25) is 9.78 Å². The molecule has 14 N–H and O–H groups in total. The second-order valence-electron chi connectivity index (χ2n) is 2.30. The summed E-state index contributed by atoms with van der Waals surface area (Å²) < 4.78 is 0. The quantitative estimate of drug-likeness (QED) is 0.404. The van der Waals surface area contributed by atoms with Gasteiger partial charge < -0.3 is 32.9 Å². The lowest BCUT2D eigenvalue weighted by atomic mass is 10.1. The maximum atomic E-state index is 10.9. The monoisotopic (exact) mass is 306 g/mol. The predicted octanol–water partition coefficient (Wildman–Crippen LogP) is -4.00. The first kappa shape index (κ1) is 36.1. The molecule has 0 radical (unpaired) electrons. The van der Waals surface area contributed by atoms with Crippen LogP contribution in [-0.4, -0.2) is 55.3 Å². The Balaban J connectivity index is -0.0000000817. The van der Waals surface area contributed by atoms with E-state index in [1.807, 2.05) is 0 Å². The third-order valence-corrected chi connectivity index (χ3v) is 1.53. The highest BCUT2D eigenvalue weighted by atomic mass is 17.1. The molecular formula is C8H18O12. The normalized spacial score (nSPS) is 6.50. The third-order valence-electron chi connectivity index (χ3n) is 1.53. The molecule has 0 aliphatic carbocycles. The van der Waals surface area contributed by atoms with Gasteiger partial charge in [0, 0.05) is 0 Å². The van der Waals surface area contributed by atoms with E-state index in [4.69, 9.17) is 10.5 Å². The minimum Gasteiger partial charge on any atom is -0.412 e. The molecule has 1 rings (SSSR count). The molecule has 0 fully saturated rings. The zero-order chi connectivity index (χ0) is 10.6. The molecule has 12 nitrogen and oxygen atoms in total. The minimum absolute atomic E-state index is 0. The average molecular weight is 306 g/mol. The number of carbonyl (C=O) groups is 2.